The van der Waals surface area contributed by atoms with E-state index in [2.05, 4.69) is 4.98 Å². The molecule has 3 heteroatoms. The van der Waals surface area contributed by atoms with E-state index in [-0.39, 0.29) is 5.91 Å². The summed E-state index contributed by atoms with van der Waals surface area (Å²) in [6, 6.07) is 21.5. The van der Waals surface area contributed by atoms with Gasteiger partial charge in [-0.15, -0.1) is 0 Å². The lowest BCUT2D eigenvalue weighted by Gasteiger charge is -2.24. The first-order chi connectivity index (χ1) is 11.3. The number of hydrogen-bond acceptors (Lipinski definition) is 2. The van der Waals surface area contributed by atoms with E-state index < -0.39 is 0 Å². The monoisotopic (exact) mass is 302 g/mol. The molecule has 0 aliphatic carbocycles. The highest BCUT2D eigenvalue weighted by Crippen LogP contribution is 2.21. The van der Waals surface area contributed by atoms with Crippen molar-refractivity contribution in [3.05, 3.63) is 95.8 Å². The number of aryl methyl sites for hydroxylation is 1. The van der Waals surface area contributed by atoms with E-state index in [0.717, 1.165) is 16.8 Å². The van der Waals surface area contributed by atoms with Crippen molar-refractivity contribution < 1.29 is 4.79 Å². The molecule has 0 fully saturated rings. The van der Waals surface area contributed by atoms with Crippen molar-refractivity contribution in [3.8, 4) is 0 Å². The zero-order chi connectivity index (χ0) is 16.1. The number of carbonyl (C=O) groups is 1. The summed E-state index contributed by atoms with van der Waals surface area (Å²) >= 11 is 0. The van der Waals surface area contributed by atoms with Gasteiger partial charge in [0.15, 0.2) is 0 Å². The van der Waals surface area contributed by atoms with Gasteiger partial charge in [-0.1, -0.05) is 48.5 Å². The lowest BCUT2D eigenvalue weighted by molar-refractivity contribution is 0.0984. The molecule has 23 heavy (non-hydrogen) atoms. The molecule has 1 amide bonds. The fraction of sp³-hybridized carbons (Fsp3) is 0.100. The standard InChI is InChI=1S/C20H18N2O/c1-16-14-21-13-12-19(16)20(23)22(18-10-6-3-7-11-18)15-17-8-4-2-5-9-17/h2-14H,15H2,1H3. The minimum atomic E-state index is -0.0139. The molecule has 3 rings (SSSR count). The Morgan fingerprint density at radius 2 is 1.61 bits per heavy atom. The van der Waals surface area contributed by atoms with Gasteiger partial charge >= 0.3 is 0 Å². The van der Waals surface area contributed by atoms with Crippen molar-refractivity contribution in [3.63, 3.8) is 0 Å². The largest absolute Gasteiger partial charge is 0.304 e. The van der Waals surface area contributed by atoms with Crippen LogP contribution in [0.3, 0.4) is 0 Å². The van der Waals surface area contributed by atoms with Crippen LogP contribution in [-0.4, -0.2) is 10.9 Å². The predicted molar refractivity (Wildman–Crippen MR) is 92.4 cm³/mol. The van der Waals surface area contributed by atoms with Crippen molar-refractivity contribution in [2.24, 2.45) is 0 Å². The average Bonchev–Trinajstić information content (AvgIpc) is 2.61. The average molecular weight is 302 g/mol. The van der Waals surface area contributed by atoms with Crippen molar-refractivity contribution in [2.75, 3.05) is 4.90 Å². The third kappa shape index (κ3) is 3.46. The fourth-order valence-electron chi connectivity index (χ4n) is 2.51. The van der Waals surface area contributed by atoms with Gasteiger partial charge in [-0.2, -0.15) is 0 Å². The highest BCUT2D eigenvalue weighted by molar-refractivity contribution is 6.06. The number of nitrogens with zero attached hydrogens (tertiary/aromatic N) is 2. The maximum absolute atomic E-state index is 13.1. The second-order valence-corrected chi connectivity index (χ2v) is 5.40. The first-order valence-electron chi connectivity index (χ1n) is 7.57. The molecule has 0 radical (unpaired) electrons. The zero-order valence-corrected chi connectivity index (χ0v) is 13.0. The van der Waals surface area contributed by atoms with Crippen LogP contribution in [-0.2, 0) is 6.54 Å². The lowest BCUT2D eigenvalue weighted by Crippen LogP contribution is -2.31. The van der Waals surface area contributed by atoms with E-state index in [1.165, 1.54) is 0 Å². The van der Waals surface area contributed by atoms with E-state index in [0.29, 0.717) is 12.1 Å². The first kappa shape index (κ1) is 15.0. The molecular formula is C20H18N2O. The summed E-state index contributed by atoms with van der Waals surface area (Å²) in [6.07, 6.45) is 3.38. The minimum absolute atomic E-state index is 0.0139. The third-order valence-electron chi connectivity index (χ3n) is 3.75. The van der Waals surface area contributed by atoms with E-state index in [1.807, 2.05) is 67.6 Å². The third-order valence-corrected chi connectivity index (χ3v) is 3.75. The number of carbonyl (C=O) groups excluding carboxylic acids is 1. The van der Waals surface area contributed by atoms with E-state index >= 15 is 0 Å². The summed E-state index contributed by atoms with van der Waals surface area (Å²) in [6.45, 7) is 2.44. The number of hydrogen-bond donors (Lipinski definition) is 0. The quantitative estimate of drug-likeness (QED) is 0.722. The van der Waals surface area contributed by atoms with Gasteiger partial charge in [0.05, 0.1) is 6.54 Å². The Morgan fingerprint density at radius 3 is 2.26 bits per heavy atom. The van der Waals surface area contributed by atoms with Crippen molar-refractivity contribution in [1.82, 2.24) is 4.98 Å². The Hall–Kier alpha value is -2.94. The molecule has 0 unspecified atom stereocenters. The molecular weight excluding hydrogens is 284 g/mol. The highest BCUT2D eigenvalue weighted by Gasteiger charge is 2.19. The van der Waals surface area contributed by atoms with Crippen LogP contribution in [0.25, 0.3) is 0 Å². The van der Waals surface area contributed by atoms with Crippen LogP contribution in [0.2, 0.25) is 0 Å². The maximum Gasteiger partial charge on any atom is 0.258 e. The molecule has 0 saturated heterocycles. The first-order valence-corrected chi connectivity index (χ1v) is 7.57. The summed E-state index contributed by atoms with van der Waals surface area (Å²) < 4.78 is 0. The molecule has 0 saturated carbocycles. The Labute approximate surface area is 136 Å². The van der Waals surface area contributed by atoms with Crippen LogP contribution >= 0.6 is 0 Å². The molecule has 0 bridgehead atoms. The number of rotatable bonds is 4. The molecule has 0 atom stereocenters. The summed E-state index contributed by atoms with van der Waals surface area (Å²) in [5.41, 5.74) is 3.54. The SMILES string of the molecule is Cc1cnccc1C(=O)N(Cc1ccccc1)c1ccccc1. The second-order valence-electron chi connectivity index (χ2n) is 5.40. The van der Waals surface area contributed by atoms with E-state index in [4.69, 9.17) is 0 Å². The van der Waals surface area contributed by atoms with E-state index in [1.54, 1.807) is 23.4 Å². The van der Waals surface area contributed by atoms with Crippen LogP contribution in [0, 0.1) is 6.92 Å². The molecule has 1 aromatic heterocycles. The van der Waals surface area contributed by atoms with Crippen molar-refractivity contribution >= 4 is 11.6 Å². The summed E-state index contributed by atoms with van der Waals surface area (Å²) in [5.74, 6) is -0.0139. The van der Waals surface area contributed by atoms with Crippen LogP contribution in [0.5, 0.6) is 0 Å². The molecule has 3 nitrogen and oxygen atoms in total. The van der Waals surface area contributed by atoms with E-state index in [9.17, 15) is 4.79 Å². The van der Waals surface area contributed by atoms with Gasteiger partial charge in [0.2, 0.25) is 0 Å². The van der Waals surface area contributed by atoms with Gasteiger partial charge in [0.1, 0.15) is 0 Å². The molecule has 114 valence electrons. The predicted octanol–water partition coefficient (Wildman–Crippen LogP) is 4.24. The number of amides is 1. The molecule has 0 aliphatic heterocycles. The zero-order valence-electron chi connectivity index (χ0n) is 13.0. The number of benzene rings is 2. The molecule has 0 spiro atoms. The number of para-hydroxylation sites is 1. The normalized spacial score (nSPS) is 10.3. The minimum Gasteiger partial charge on any atom is -0.304 e. The Morgan fingerprint density at radius 1 is 0.957 bits per heavy atom. The molecule has 0 aliphatic rings. The van der Waals surface area contributed by atoms with Gasteiger partial charge in [-0.25, -0.2) is 0 Å². The number of aromatic nitrogens is 1. The van der Waals surface area contributed by atoms with Gasteiger partial charge < -0.3 is 4.90 Å². The Balaban J connectivity index is 1.98. The second kappa shape index (κ2) is 6.88. The maximum atomic E-state index is 13.1. The van der Waals surface area contributed by atoms with Gasteiger partial charge in [0.25, 0.3) is 5.91 Å². The summed E-state index contributed by atoms with van der Waals surface area (Å²) in [5, 5.41) is 0. The molecule has 1 heterocycles. The fourth-order valence-corrected chi connectivity index (χ4v) is 2.51. The summed E-state index contributed by atoms with van der Waals surface area (Å²) in [7, 11) is 0. The summed E-state index contributed by atoms with van der Waals surface area (Å²) in [4.78, 5) is 18.9. The van der Waals surface area contributed by atoms with Crippen LogP contribution in [0.15, 0.2) is 79.1 Å². The van der Waals surface area contributed by atoms with Gasteiger partial charge in [-0.3, -0.25) is 9.78 Å². The lowest BCUT2D eigenvalue weighted by atomic mass is 10.1. The van der Waals surface area contributed by atoms with Crippen LogP contribution < -0.4 is 4.90 Å². The van der Waals surface area contributed by atoms with Crippen molar-refractivity contribution in [2.45, 2.75) is 13.5 Å². The van der Waals surface area contributed by atoms with Crippen LogP contribution in [0.1, 0.15) is 21.5 Å². The Bertz CT molecular complexity index is 785. The molecule has 2 aromatic carbocycles. The molecule has 3 aromatic rings. The number of anilines is 1. The van der Waals surface area contributed by atoms with Gasteiger partial charge in [-0.05, 0) is 36.2 Å². The number of pyridine rings is 1. The van der Waals surface area contributed by atoms with Gasteiger partial charge in [0, 0.05) is 23.6 Å². The highest BCUT2D eigenvalue weighted by atomic mass is 16.2. The molecule has 0 N–H and O–H groups in total. The van der Waals surface area contributed by atoms with Crippen molar-refractivity contribution in [1.29, 1.82) is 0 Å². The smallest absolute Gasteiger partial charge is 0.258 e. The van der Waals surface area contributed by atoms with Crippen LogP contribution in [0.4, 0.5) is 5.69 Å². The topological polar surface area (TPSA) is 33.2 Å². The Kier molecular flexibility index (Phi) is 4.48.